The maximum atomic E-state index is 12.5. The molecule has 1 unspecified atom stereocenters. The van der Waals surface area contributed by atoms with E-state index in [1.165, 1.54) is 19.1 Å². The standard InChI is InChI=1S/C14H19NO5S/c1-4-7-15-13(16)10(3)21(19,20)12-8-11(14(17)18)6-5-9(12)2/h5-6,8,10H,4,7H2,1-3H3,(H,15,16)(H,17,18). The van der Waals surface area contributed by atoms with Crippen LogP contribution in [0.15, 0.2) is 23.1 Å². The third-order valence-electron chi connectivity index (χ3n) is 3.13. The fraction of sp³-hybridized carbons (Fsp3) is 0.429. The quantitative estimate of drug-likeness (QED) is 0.826. The summed E-state index contributed by atoms with van der Waals surface area (Å²) in [7, 11) is -3.93. The maximum absolute atomic E-state index is 12.5. The van der Waals surface area contributed by atoms with Crippen LogP contribution in [0.25, 0.3) is 0 Å². The molecule has 7 heteroatoms. The Morgan fingerprint density at radius 1 is 1.33 bits per heavy atom. The number of aryl methyl sites for hydroxylation is 1. The van der Waals surface area contributed by atoms with Gasteiger partial charge in [0.25, 0.3) is 0 Å². The lowest BCUT2D eigenvalue weighted by Crippen LogP contribution is -2.38. The Balaban J connectivity index is 3.21. The number of nitrogens with one attached hydrogen (secondary N) is 1. The first-order valence-electron chi connectivity index (χ1n) is 6.57. The monoisotopic (exact) mass is 313 g/mol. The second-order valence-electron chi connectivity index (χ2n) is 4.76. The molecule has 0 saturated carbocycles. The highest BCUT2D eigenvalue weighted by molar-refractivity contribution is 7.92. The Morgan fingerprint density at radius 3 is 2.48 bits per heavy atom. The van der Waals surface area contributed by atoms with Crippen LogP contribution in [0.3, 0.4) is 0 Å². The topological polar surface area (TPSA) is 101 Å². The number of carboxylic acid groups (broad SMARTS) is 1. The number of carbonyl (C=O) groups excluding carboxylic acids is 1. The minimum Gasteiger partial charge on any atom is -0.478 e. The van der Waals surface area contributed by atoms with Gasteiger partial charge >= 0.3 is 5.97 Å². The summed E-state index contributed by atoms with van der Waals surface area (Å²) >= 11 is 0. The average Bonchev–Trinajstić information content (AvgIpc) is 2.43. The van der Waals surface area contributed by atoms with Gasteiger partial charge in [-0.3, -0.25) is 4.79 Å². The van der Waals surface area contributed by atoms with E-state index in [0.29, 0.717) is 18.5 Å². The van der Waals surface area contributed by atoms with E-state index in [1.807, 2.05) is 6.92 Å². The normalized spacial score (nSPS) is 12.7. The minimum absolute atomic E-state index is 0.124. The van der Waals surface area contributed by atoms with Crippen LogP contribution in [-0.4, -0.2) is 37.2 Å². The summed E-state index contributed by atoms with van der Waals surface area (Å²) < 4.78 is 25.0. The van der Waals surface area contributed by atoms with Gasteiger partial charge < -0.3 is 10.4 Å². The molecule has 0 spiro atoms. The fourth-order valence-corrected chi connectivity index (χ4v) is 3.32. The zero-order chi connectivity index (χ0) is 16.2. The molecule has 1 rings (SSSR count). The molecule has 1 atom stereocenters. The van der Waals surface area contributed by atoms with Gasteiger partial charge in [0.1, 0.15) is 5.25 Å². The lowest BCUT2D eigenvalue weighted by molar-refractivity contribution is -0.120. The van der Waals surface area contributed by atoms with Crippen molar-refractivity contribution in [1.29, 1.82) is 0 Å². The van der Waals surface area contributed by atoms with E-state index < -0.39 is 27.0 Å². The smallest absolute Gasteiger partial charge is 0.335 e. The van der Waals surface area contributed by atoms with Gasteiger partial charge in [-0.15, -0.1) is 0 Å². The summed E-state index contributed by atoms with van der Waals surface area (Å²) in [4.78, 5) is 22.7. The van der Waals surface area contributed by atoms with Crippen molar-refractivity contribution in [1.82, 2.24) is 5.32 Å². The Kier molecular flexibility index (Phi) is 5.48. The Hall–Kier alpha value is -1.89. The van der Waals surface area contributed by atoms with Crippen molar-refractivity contribution in [3.63, 3.8) is 0 Å². The van der Waals surface area contributed by atoms with E-state index in [0.717, 1.165) is 6.07 Å². The van der Waals surface area contributed by atoms with E-state index in [2.05, 4.69) is 5.32 Å². The number of carbonyl (C=O) groups is 2. The first-order chi connectivity index (χ1) is 9.71. The molecule has 1 amide bonds. The summed E-state index contributed by atoms with van der Waals surface area (Å²) in [5, 5.41) is 10.2. The van der Waals surface area contributed by atoms with Crippen LogP contribution in [0.4, 0.5) is 0 Å². The van der Waals surface area contributed by atoms with Crippen molar-refractivity contribution in [2.75, 3.05) is 6.54 Å². The highest BCUT2D eigenvalue weighted by atomic mass is 32.2. The SMILES string of the molecule is CCCNC(=O)C(C)S(=O)(=O)c1cc(C(=O)O)ccc1C. The number of hydrogen-bond acceptors (Lipinski definition) is 4. The number of amides is 1. The van der Waals surface area contributed by atoms with E-state index in [4.69, 9.17) is 5.11 Å². The van der Waals surface area contributed by atoms with Crippen LogP contribution < -0.4 is 5.32 Å². The zero-order valence-corrected chi connectivity index (χ0v) is 13.0. The Bertz CT molecular complexity index is 651. The summed E-state index contributed by atoms with van der Waals surface area (Å²) in [6.45, 7) is 5.12. The van der Waals surface area contributed by atoms with E-state index in [9.17, 15) is 18.0 Å². The third-order valence-corrected chi connectivity index (χ3v) is 5.32. The number of hydrogen-bond donors (Lipinski definition) is 2. The lowest BCUT2D eigenvalue weighted by atomic mass is 10.1. The number of aromatic carboxylic acids is 1. The Morgan fingerprint density at radius 2 is 1.95 bits per heavy atom. The molecule has 0 radical (unpaired) electrons. The molecule has 0 saturated heterocycles. The second-order valence-corrected chi connectivity index (χ2v) is 7.00. The molecule has 0 aliphatic rings. The molecule has 6 nitrogen and oxygen atoms in total. The van der Waals surface area contributed by atoms with Crippen molar-refractivity contribution in [2.24, 2.45) is 0 Å². The van der Waals surface area contributed by atoms with Gasteiger partial charge in [-0.2, -0.15) is 0 Å². The molecule has 116 valence electrons. The predicted octanol–water partition coefficient (Wildman–Crippen LogP) is 1.38. The number of rotatable bonds is 6. The van der Waals surface area contributed by atoms with Crippen molar-refractivity contribution in [2.45, 2.75) is 37.3 Å². The molecule has 21 heavy (non-hydrogen) atoms. The summed E-state index contributed by atoms with van der Waals surface area (Å²) in [5.41, 5.74) is 0.287. The molecule has 0 aliphatic carbocycles. The van der Waals surface area contributed by atoms with Gasteiger partial charge in [0.05, 0.1) is 10.5 Å². The highest BCUT2D eigenvalue weighted by Gasteiger charge is 2.31. The molecule has 0 heterocycles. The van der Waals surface area contributed by atoms with Gasteiger partial charge in [-0.05, 0) is 38.0 Å². The van der Waals surface area contributed by atoms with Gasteiger partial charge in [0.2, 0.25) is 5.91 Å². The molecule has 0 bridgehead atoms. The van der Waals surface area contributed by atoms with Gasteiger partial charge in [0, 0.05) is 6.54 Å². The molecule has 1 aromatic rings. The fourth-order valence-electron chi connectivity index (χ4n) is 1.76. The van der Waals surface area contributed by atoms with Crippen LogP contribution >= 0.6 is 0 Å². The second kappa shape index (κ2) is 6.71. The van der Waals surface area contributed by atoms with E-state index >= 15 is 0 Å². The summed E-state index contributed by atoms with van der Waals surface area (Å²) in [5.74, 6) is -1.80. The molecular formula is C14H19NO5S. The number of carboxylic acids is 1. The first kappa shape index (κ1) is 17.2. The molecule has 0 aliphatic heterocycles. The minimum atomic E-state index is -3.93. The number of benzene rings is 1. The highest BCUT2D eigenvalue weighted by Crippen LogP contribution is 2.22. The van der Waals surface area contributed by atoms with Gasteiger partial charge in [0.15, 0.2) is 9.84 Å². The van der Waals surface area contributed by atoms with Gasteiger partial charge in [-0.1, -0.05) is 13.0 Å². The molecule has 2 N–H and O–H groups in total. The maximum Gasteiger partial charge on any atom is 0.335 e. The molecule has 1 aromatic carbocycles. The van der Waals surface area contributed by atoms with Crippen molar-refractivity contribution in [3.8, 4) is 0 Å². The van der Waals surface area contributed by atoms with Crippen LogP contribution in [0, 0.1) is 6.92 Å². The van der Waals surface area contributed by atoms with Gasteiger partial charge in [-0.25, -0.2) is 13.2 Å². The van der Waals surface area contributed by atoms with Crippen molar-refractivity contribution < 1.29 is 23.1 Å². The van der Waals surface area contributed by atoms with Crippen LogP contribution in [0.5, 0.6) is 0 Å². The van der Waals surface area contributed by atoms with Crippen LogP contribution in [0.1, 0.15) is 36.2 Å². The zero-order valence-electron chi connectivity index (χ0n) is 12.2. The molecule has 0 fully saturated rings. The lowest BCUT2D eigenvalue weighted by Gasteiger charge is -2.15. The van der Waals surface area contributed by atoms with E-state index in [1.54, 1.807) is 6.92 Å². The third kappa shape index (κ3) is 3.81. The molecular weight excluding hydrogens is 294 g/mol. The number of sulfone groups is 1. The summed E-state index contributed by atoms with van der Waals surface area (Å²) in [6, 6.07) is 3.85. The van der Waals surface area contributed by atoms with E-state index in [-0.39, 0.29) is 10.5 Å². The van der Waals surface area contributed by atoms with Crippen molar-refractivity contribution in [3.05, 3.63) is 29.3 Å². The Labute approximate surface area is 124 Å². The average molecular weight is 313 g/mol. The summed E-state index contributed by atoms with van der Waals surface area (Å²) in [6.07, 6.45) is 0.700. The largest absolute Gasteiger partial charge is 0.478 e. The van der Waals surface area contributed by atoms with Crippen LogP contribution in [0.2, 0.25) is 0 Å². The molecule has 0 aromatic heterocycles. The predicted molar refractivity (Wildman–Crippen MR) is 78.1 cm³/mol. The van der Waals surface area contributed by atoms with Crippen molar-refractivity contribution >= 4 is 21.7 Å². The first-order valence-corrected chi connectivity index (χ1v) is 8.12. The van der Waals surface area contributed by atoms with Crippen LogP contribution in [-0.2, 0) is 14.6 Å².